The number of aromatic nitrogens is 1. The normalized spacial score (nSPS) is 11.8. The largest absolute Gasteiger partial charge is 0.307 e. The van der Waals surface area contributed by atoms with Gasteiger partial charge in [0.05, 0.1) is 20.5 Å². The summed E-state index contributed by atoms with van der Waals surface area (Å²) in [5.74, 6) is -0.290. The highest BCUT2D eigenvalue weighted by molar-refractivity contribution is 7.89. The van der Waals surface area contributed by atoms with E-state index < -0.39 is 15.9 Å². The molecule has 0 radical (unpaired) electrons. The van der Waals surface area contributed by atoms with E-state index in [4.69, 9.17) is 23.2 Å². The van der Waals surface area contributed by atoms with Gasteiger partial charge >= 0.3 is 0 Å². The predicted octanol–water partition coefficient (Wildman–Crippen LogP) is 3.67. The molecule has 0 saturated carbocycles. The van der Waals surface area contributed by atoms with Crippen molar-refractivity contribution in [3.63, 3.8) is 0 Å². The number of nitrogens with zero attached hydrogens (tertiary/aromatic N) is 2. The van der Waals surface area contributed by atoms with Gasteiger partial charge in [0, 0.05) is 19.3 Å². The number of anilines is 1. The van der Waals surface area contributed by atoms with E-state index in [1.807, 2.05) is 0 Å². The van der Waals surface area contributed by atoms with Gasteiger partial charge in [-0.2, -0.15) is 4.31 Å². The maximum Gasteiger partial charge on any atom is 0.258 e. The Bertz CT molecular complexity index is 884. The first-order chi connectivity index (χ1) is 11.6. The zero-order valence-electron chi connectivity index (χ0n) is 13.8. The number of halogens is 2. The molecule has 25 heavy (non-hydrogen) atoms. The fourth-order valence-corrected chi connectivity index (χ4v) is 3.63. The van der Waals surface area contributed by atoms with Crippen LogP contribution in [0.15, 0.2) is 41.4 Å². The number of hydrogen-bond donors (Lipinski definition) is 1. The maximum atomic E-state index is 12.6. The second-order valence-electron chi connectivity index (χ2n) is 5.57. The van der Waals surface area contributed by atoms with Crippen molar-refractivity contribution < 1.29 is 13.2 Å². The summed E-state index contributed by atoms with van der Waals surface area (Å²) in [6.45, 7) is 3.51. The van der Waals surface area contributed by atoms with Gasteiger partial charge in [0.25, 0.3) is 5.91 Å². The molecule has 0 aliphatic heterocycles. The fourth-order valence-electron chi connectivity index (χ4n) is 1.92. The SMILES string of the molecule is CC(C)N(C)S(=O)(=O)c1ccc(Cl)c(C(=O)Nc2ccc(Cl)cn2)c1. The van der Waals surface area contributed by atoms with E-state index in [0.717, 1.165) is 0 Å². The monoisotopic (exact) mass is 401 g/mol. The van der Waals surface area contributed by atoms with Crippen LogP contribution in [0.1, 0.15) is 24.2 Å². The Balaban J connectivity index is 2.35. The lowest BCUT2D eigenvalue weighted by Gasteiger charge is -2.21. The molecule has 6 nitrogen and oxygen atoms in total. The van der Waals surface area contributed by atoms with Crippen LogP contribution in [0.4, 0.5) is 5.82 Å². The molecule has 2 rings (SSSR count). The van der Waals surface area contributed by atoms with Crippen LogP contribution in [-0.2, 0) is 10.0 Å². The molecular formula is C16H17Cl2N3O3S. The number of carbonyl (C=O) groups excluding carboxylic acids is 1. The smallest absolute Gasteiger partial charge is 0.258 e. The van der Waals surface area contributed by atoms with Crippen LogP contribution in [0, 0.1) is 0 Å². The highest BCUT2D eigenvalue weighted by Gasteiger charge is 2.25. The Morgan fingerprint density at radius 1 is 1.20 bits per heavy atom. The molecule has 9 heteroatoms. The van der Waals surface area contributed by atoms with E-state index >= 15 is 0 Å². The average molecular weight is 402 g/mol. The molecule has 1 amide bonds. The van der Waals surface area contributed by atoms with Gasteiger partial charge in [-0.25, -0.2) is 13.4 Å². The van der Waals surface area contributed by atoms with Gasteiger partial charge in [-0.15, -0.1) is 0 Å². The highest BCUT2D eigenvalue weighted by atomic mass is 35.5. The van der Waals surface area contributed by atoms with Crippen LogP contribution in [0.5, 0.6) is 0 Å². The Labute approximate surface area is 156 Å². The second-order valence-corrected chi connectivity index (χ2v) is 8.41. The molecule has 0 atom stereocenters. The maximum absolute atomic E-state index is 12.6. The average Bonchev–Trinajstić information content (AvgIpc) is 2.56. The summed E-state index contributed by atoms with van der Waals surface area (Å²) in [4.78, 5) is 16.4. The minimum absolute atomic E-state index is 0.0117. The summed E-state index contributed by atoms with van der Waals surface area (Å²) in [7, 11) is -2.25. The fraction of sp³-hybridized carbons (Fsp3) is 0.250. The minimum Gasteiger partial charge on any atom is -0.307 e. The Hall–Kier alpha value is -1.67. The number of pyridine rings is 1. The Morgan fingerprint density at radius 2 is 1.88 bits per heavy atom. The second kappa shape index (κ2) is 7.70. The number of rotatable bonds is 5. The van der Waals surface area contributed by atoms with E-state index in [2.05, 4.69) is 10.3 Å². The van der Waals surface area contributed by atoms with Crippen molar-refractivity contribution in [3.05, 3.63) is 52.1 Å². The summed E-state index contributed by atoms with van der Waals surface area (Å²) in [5, 5.41) is 3.12. The lowest BCUT2D eigenvalue weighted by molar-refractivity contribution is 0.102. The first kappa shape index (κ1) is 19.7. The van der Waals surface area contributed by atoms with Gasteiger partial charge in [-0.3, -0.25) is 4.79 Å². The molecule has 0 bridgehead atoms. The lowest BCUT2D eigenvalue weighted by atomic mass is 10.2. The van der Waals surface area contributed by atoms with Crippen LogP contribution >= 0.6 is 23.2 Å². The molecule has 1 N–H and O–H groups in total. The Kier molecular flexibility index (Phi) is 6.05. The highest BCUT2D eigenvalue weighted by Crippen LogP contribution is 2.24. The third-order valence-corrected chi connectivity index (χ3v) is 6.14. The van der Waals surface area contributed by atoms with Gasteiger partial charge in [-0.1, -0.05) is 23.2 Å². The number of amides is 1. The molecule has 0 fully saturated rings. The molecule has 0 aliphatic rings. The van der Waals surface area contributed by atoms with Gasteiger partial charge < -0.3 is 5.32 Å². The van der Waals surface area contributed by atoms with Crippen molar-refractivity contribution in [2.75, 3.05) is 12.4 Å². The quantitative estimate of drug-likeness (QED) is 0.828. The number of nitrogens with one attached hydrogen (secondary N) is 1. The standard InChI is InChI=1S/C16H17Cl2N3O3S/c1-10(2)21(3)25(23,24)12-5-6-14(18)13(8-12)16(22)20-15-7-4-11(17)9-19-15/h4-10H,1-3H3,(H,19,20,22). The molecular weight excluding hydrogens is 385 g/mol. The third-order valence-electron chi connectivity index (χ3n) is 3.56. The molecule has 0 unspecified atom stereocenters. The summed E-state index contributed by atoms with van der Waals surface area (Å²) < 4.78 is 26.4. The molecule has 0 spiro atoms. The van der Waals surface area contributed by atoms with E-state index in [1.165, 1.54) is 41.8 Å². The summed E-state index contributed by atoms with van der Waals surface area (Å²) in [6.07, 6.45) is 1.39. The first-order valence-electron chi connectivity index (χ1n) is 7.33. The number of benzene rings is 1. The molecule has 0 saturated heterocycles. The summed E-state index contributed by atoms with van der Waals surface area (Å²) in [6, 6.07) is 6.88. The van der Waals surface area contributed by atoms with Gasteiger partial charge in [0.2, 0.25) is 10.0 Å². The molecule has 1 aromatic carbocycles. The number of sulfonamides is 1. The molecule has 2 aromatic rings. The van der Waals surface area contributed by atoms with Gasteiger partial charge in [-0.05, 0) is 44.2 Å². The predicted molar refractivity (Wildman–Crippen MR) is 98.7 cm³/mol. The zero-order valence-corrected chi connectivity index (χ0v) is 16.2. The van der Waals surface area contributed by atoms with Crippen molar-refractivity contribution in [3.8, 4) is 0 Å². The van der Waals surface area contributed by atoms with Crippen LogP contribution in [-0.4, -0.2) is 36.7 Å². The van der Waals surface area contributed by atoms with Crippen molar-refractivity contribution in [2.45, 2.75) is 24.8 Å². The van der Waals surface area contributed by atoms with Crippen LogP contribution in [0.2, 0.25) is 10.0 Å². The number of carbonyl (C=O) groups is 1. The van der Waals surface area contributed by atoms with Gasteiger partial charge in [0.1, 0.15) is 5.82 Å². The molecule has 134 valence electrons. The topological polar surface area (TPSA) is 79.4 Å². The zero-order chi connectivity index (χ0) is 18.8. The summed E-state index contributed by atoms with van der Waals surface area (Å²) >= 11 is 11.8. The van der Waals surface area contributed by atoms with E-state index in [1.54, 1.807) is 19.9 Å². The van der Waals surface area contributed by atoms with E-state index in [0.29, 0.717) is 5.02 Å². The van der Waals surface area contributed by atoms with Crippen LogP contribution in [0.25, 0.3) is 0 Å². The van der Waals surface area contributed by atoms with Crippen molar-refractivity contribution in [1.29, 1.82) is 0 Å². The molecule has 1 heterocycles. The van der Waals surface area contributed by atoms with E-state index in [9.17, 15) is 13.2 Å². The van der Waals surface area contributed by atoms with Crippen molar-refractivity contribution >= 4 is 45.0 Å². The lowest BCUT2D eigenvalue weighted by Crippen LogP contribution is -2.33. The van der Waals surface area contributed by atoms with Crippen LogP contribution < -0.4 is 5.32 Å². The Morgan fingerprint density at radius 3 is 2.44 bits per heavy atom. The van der Waals surface area contributed by atoms with Crippen molar-refractivity contribution in [1.82, 2.24) is 9.29 Å². The van der Waals surface area contributed by atoms with Crippen LogP contribution in [0.3, 0.4) is 0 Å². The minimum atomic E-state index is -3.73. The third kappa shape index (κ3) is 4.49. The van der Waals surface area contributed by atoms with E-state index in [-0.39, 0.29) is 27.3 Å². The van der Waals surface area contributed by atoms with Gasteiger partial charge in [0.15, 0.2) is 0 Å². The first-order valence-corrected chi connectivity index (χ1v) is 9.53. The number of hydrogen-bond acceptors (Lipinski definition) is 4. The molecule has 1 aromatic heterocycles. The molecule has 0 aliphatic carbocycles. The summed E-state index contributed by atoms with van der Waals surface area (Å²) in [5.41, 5.74) is 0.0386. The van der Waals surface area contributed by atoms with Crippen molar-refractivity contribution in [2.24, 2.45) is 0 Å².